The predicted molar refractivity (Wildman–Crippen MR) is 102 cm³/mol. The summed E-state index contributed by atoms with van der Waals surface area (Å²) in [6, 6.07) is 3.68. The fraction of sp³-hybridized carbons (Fsp3) is 0.533. The summed E-state index contributed by atoms with van der Waals surface area (Å²) in [5.74, 6) is 1.45. The molecule has 4 N–H and O–H groups in total. The van der Waals surface area contributed by atoms with Crippen LogP contribution in [0, 0.1) is 12.8 Å². The van der Waals surface area contributed by atoms with E-state index in [9.17, 15) is 4.79 Å². The maximum atomic E-state index is 11.7. The third kappa shape index (κ3) is 9.54. The van der Waals surface area contributed by atoms with E-state index in [0.717, 1.165) is 12.0 Å². The van der Waals surface area contributed by atoms with Gasteiger partial charge in [0, 0.05) is 25.7 Å². The van der Waals surface area contributed by atoms with Gasteiger partial charge < -0.3 is 16.4 Å². The number of aromatic nitrogens is 1. The number of carbonyl (C=O) groups is 1. The lowest BCUT2D eigenvalue weighted by Crippen LogP contribution is -2.34. The fourth-order valence-corrected chi connectivity index (χ4v) is 1.55. The quantitative estimate of drug-likeness (QED) is 0.359. The van der Waals surface area contributed by atoms with Gasteiger partial charge in [-0.25, -0.2) is 4.98 Å². The van der Waals surface area contributed by atoms with Gasteiger partial charge in [-0.1, -0.05) is 19.9 Å². The smallest absolute Gasteiger partial charge is 0.227 e. The van der Waals surface area contributed by atoms with Gasteiger partial charge in [-0.3, -0.25) is 9.79 Å². The van der Waals surface area contributed by atoms with Crippen LogP contribution in [0.25, 0.3) is 0 Å². The Balaban J connectivity index is 0.00000441. The van der Waals surface area contributed by atoms with E-state index >= 15 is 0 Å². The van der Waals surface area contributed by atoms with Crippen molar-refractivity contribution in [3.05, 3.63) is 23.9 Å². The molecule has 0 aromatic carbocycles. The predicted octanol–water partition coefficient (Wildman–Crippen LogP) is 2.29. The molecule has 1 aromatic rings. The number of nitrogens with zero attached hydrogens (tertiary/aromatic N) is 2. The highest BCUT2D eigenvalue weighted by molar-refractivity contribution is 14.0. The van der Waals surface area contributed by atoms with Crippen LogP contribution in [0.1, 0.15) is 32.3 Å². The second-order valence-corrected chi connectivity index (χ2v) is 5.40. The molecule has 0 aliphatic heterocycles. The third-order valence-corrected chi connectivity index (χ3v) is 2.83. The second-order valence-electron chi connectivity index (χ2n) is 5.40. The second kappa shape index (κ2) is 11.2. The van der Waals surface area contributed by atoms with Gasteiger partial charge in [-0.05, 0) is 30.9 Å². The zero-order chi connectivity index (χ0) is 15.7. The molecule has 0 saturated heterocycles. The SMILES string of the molecule is Cc1ccc(NC(=O)CCNC(N)=NCCC(C)C)nc1.I. The zero-order valence-electron chi connectivity index (χ0n) is 13.4. The Hall–Kier alpha value is -1.38. The van der Waals surface area contributed by atoms with E-state index in [1.165, 1.54) is 0 Å². The Labute approximate surface area is 149 Å². The van der Waals surface area contributed by atoms with Gasteiger partial charge in [0.1, 0.15) is 5.82 Å². The topological polar surface area (TPSA) is 92.4 Å². The van der Waals surface area contributed by atoms with Gasteiger partial charge in [0.15, 0.2) is 5.96 Å². The molecule has 0 radical (unpaired) electrons. The first kappa shape index (κ1) is 20.6. The van der Waals surface area contributed by atoms with E-state index in [1.54, 1.807) is 12.3 Å². The molecule has 0 fully saturated rings. The Morgan fingerprint density at radius 3 is 2.73 bits per heavy atom. The van der Waals surface area contributed by atoms with Crippen molar-refractivity contribution in [3.63, 3.8) is 0 Å². The van der Waals surface area contributed by atoms with Crippen LogP contribution in [0.2, 0.25) is 0 Å². The zero-order valence-corrected chi connectivity index (χ0v) is 15.8. The maximum absolute atomic E-state index is 11.7. The highest BCUT2D eigenvalue weighted by Crippen LogP contribution is 2.03. The van der Waals surface area contributed by atoms with Crippen molar-refractivity contribution in [2.24, 2.45) is 16.6 Å². The minimum Gasteiger partial charge on any atom is -0.370 e. The first-order valence-corrected chi connectivity index (χ1v) is 7.23. The molecule has 0 saturated carbocycles. The van der Waals surface area contributed by atoms with Crippen molar-refractivity contribution < 1.29 is 4.79 Å². The summed E-state index contributed by atoms with van der Waals surface area (Å²) in [4.78, 5) is 20.0. The summed E-state index contributed by atoms with van der Waals surface area (Å²) in [5.41, 5.74) is 6.77. The number of halogens is 1. The Morgan fingerprint density at radius 1 is 1.41 bits per heavy atom. The van der Waals surface area contributed by atoms with E-state index in [4.69, 9.17) is 5.73 Å². The largest absolute Gasteiger partial charge is 0.370 e. The average molecular weight is 419 g/mol. The number of guanidine groups is 1. The molecular weight excluding hydrogens is 393 g/mol. The molecule has 0 atom stereocenters. The number of rotatable bonds is 7. The van der Waals surface area contributed by atoms with Crippen molar-refractivity contribution in [1.82, 2.24) is 10.3 Å². The summed E-state index contributed by atoms with van der Waals surface area (Å²) >= 11 is 0. The molecule has 22 heavy (non-hydrogen) atoms. The normalized spacial score (nSPS) is 11.0. The van der Waals surface area contributed by atoms with Gasteiger partial charge in [-0.15, -0.1) is 24.0 Å². The summed E-state index contributed by atoms with van der Waals surface area (Å²) < 4.78 is 0. The number of nitrogens with one attached hydrogen (secondary N) is 2. The average Bonchev–Trinajstić information content (AvgIpc) is 2.41. The number of aryl methyl sites for hydroxylation is 1. The monoisotopic (exact) mass is 419 g/mol. The van der Waals surface area contributed by atoms with E-state index in [1.807, 2.05) is 13.0 Å². The number of aliphatic imine (C=N–C) groups is 1. The molecule has 0 aliphatic carbocycles. The third-order valence-electron chi connectivity index (χ3n) is 2.83. The molecule has 1 aromatic heterocycles. The number of pyridine rings is 1. The van der Waals surface area contributed by atoms with Crippen LogP contribution in [-0.2, 0) is 4.79 Å². The molecule has 7 heteroatoms. The number of carbonyl (C=O) groups excluding carboxylic acids is 1. The standard InChI is InChI=1S/C15H25N5O.HI/c1-11(2)6-8-17-15(16)18-9-7-14(21)20-13-5-4-12(3)10-19-13;/h4-5,10-11H,6-9H2,1-3H3,(H3,16,17,18)(H,19,20,21);1H. The van der Waals surface area contributed by atoms with Gasteiger partial charge in [0.25, 0.3) is 0 Å². The van der Waals surface area contributed by atoms with Crippen molar-refractivity contribution >= 4 is 41.7 Å². The van der Waals surface area contributed by atoms with Crippen LogP contribution in [0.15, 0.2) is 23.3 Å². The molecule has 0 unspecified atom stereocenters. The highest BCUT2D eigenvalue weighted by atomic mass is 127. The number of amides is 1. The lowest BCUT2D eigenvalue weighted by molar-refractivity contribution is -0.116. The van der Waals surface area contributed by atoms with Crippen molar-refractivity contribution in [3.8, 4) is 0 Å². The summed E-state index contributed by atoms with van der Waals surface area (Å²) in [6.07, 6.45) is 3.03. The van der Waals surface area contributed by atoms with E-state index in [0.29, 0.717) is 37.2 Å². The molecule has 1 heterocycles. The molecule has 0 aliphatic rings. The Kier molecular flexibility index (Phi) is 10.5. The summed E-state index contributed by atoms with van der Waals surface area (Å²) in [6.45, 7) is 7.39. The lowest BCUT2D eigenvalue weighted by Gasteiger charge is -2.07. The first-order chi connectivity index (χ1) is 9.97. The fourth-order valence-electron chi connectivity index (χ4n) is 1.55. The molecule has 6 nitrogen and oxygen atoms in total. The number of hydrogen-bond donors (Lipinski definition) is 3. The van der Waals surface area contributed by atoms with Crippen molar-refractivity contribution in [1.29, 1.82) is 0 Å². The van der Waals surface area contributed by atoms with Crippen LogP contribution in [0.5, 0.6) is 0 Å². The highest BCUT2D eigenvalue weighted by Gasteiger charge is 2.03. The van der Waals surface area contributed by atoms with Crippen LogP contribution < -0.4 is 16.4 Å². The van der Waals surface area contributed by atoms with E-state index < -0.39 is 0 Å². The number of anilines is 1. The summed E-state index contributed by atoms with van der Waals surface area (Å²) in [5, 5.41) is 5.66. The Bertz CT molecular complexity index is 473. The van der Waals surface area contributed by atoms with Gasteiger partial charge in [-0.2, -0.15) is 0 Å². The molecular formula is C15H26IN5O. The Morgan fingerprint density at radius 2 is 2.14 bits per heavy atom. The molecule has 124 valence electrons. The van der Waals surface area contributed by atoms with Crippen LogP contribution >= 0.6 is 24.0 Å². The van der Waals surface area contributed by atoms with Crippen LogP contribution in [0.4, 0.5) is 5.82 Å². The van der Waals surface area contributed by atoms with Crippen molar-refractivity contribution in [2.75, 3.05) is 18.4 Å². The van der Waals surface area contributed by atoms with Gasteiger partial charge >= 0.3 is 0 Å². The van der Waals surface area contributed by atoms with E-state index in [2.05, 4.69) is 34.5 Å². The minimum atomic E-state index is -0.103. The molecule has 1 amide bonds. The summed E-state index contributed by atoms with van der Waals surface area (Å²) in [7, 11) is 0. The number of nitrogens with two attached hydrogens (primary N) is 1. The first-order valence-electron chi connectivity index (χ1n) is 7.23. The maximum Gasteiger partial charge on any atom is 0.227 e. The lowest BCUT2D eigenvalue weighted by atomic mass is 10.1. The minimum absolute atomic E-state index is 0. The van der Waals surface area contributed by atoms with Gasteiger partial charge in [0.2, 0.25) is 5.91 Å². The van der Waals surface area contributed by atoms with Gasteiger partial charge in [0.05, 0.1) is 0 Å². The van der Waals surface area contributed by atoms with Crippen LogP contribution in [0.3, 0.4) is 0 Å². The van der Waals surface area contributed by atoms with Crippen molar-refractivity contribution in [2.45, 2.75) is 33.6 Å². The number of hydrogen-bond acceptors (Lipinski definition) is 3. The van der Waals surface area contributed by atoms with E-state index in [-0.39, 0.29) is 29.9 Å². The van der Waals surface area contributed by atoms with Crippen LogP contribution in [-0.4, -0.2) is 29.9 Å². The molecule has 1 rings (SSSR count). The molecule has 0 bridgehead atoms. The molecule has 0 spiro atoms.